The molecule has 3 aliphatic rings. The van der Waals surface area contributed by atoms with E-state index in [1.807, 2.05) is 30.3 Å². The Morgan fingerprint density at radius 3 is 2.67 bits per heavy atom. The third kappa shape index (κ3) is 4.10. The normalized spacial score (nSPS) is 33.2. The van der Waals surface area contributed by atoms with Gasteiger partial charge in [-0.2, -0.15) is 0 Å². The van der Waals surface area contributed by atoms with E-state index in [1.165, 1.54) is 0 Å². The molecule has 9 heteroatoms. The lowest BCUT2D eigenvalue weighted by Gasteiger charge is -2.37. The summed E-state index contributed by atoms with van der Waals surface area (Å²) in [6.45, 7) is 2.35. The minimum atomic E-state index is -0.725. The summed E-state index contributed by atoms with van der Waals surface area (Å²) in [5.41, 5.74) is 0.988. The molecule has 180 valence electrons. The van der Waals surface area contributed by atoms with Crippen LogP contribution in [0.4, 0.5) is 0 Å². The van der Waals surface area contributed by atoms with Crippen LogP contribution in [0.1, 0.15) is 31.7 Å². The van der Waals surface area contributed by atoms with Gasteiger partial charge in [0.1, 0.15) is 6.04 Å². The Balaban J connectivity index is 1.73. The second-order valence-electron chi connectivity index (χ2n) is 9.19. The van der Waals surface area contributed by atoms with Crippen molar-refractivity contribution in [2.45, 2.75) is 59.5 Å². The monoisotopic (exact) mass is 537 g/mol. The number of nitrogens with one attached hydrogen (secondary N) is 2. The molecular formula is C24H32BrN3O4S. The van der Waals surface area contributed by atoms with E-state index in [1.54, 1.807) is 23.7 Å². The van der Waals surface area contributed by atoms with E-state index in [9.17, 15) is 19.5 Å². The van der Waals surface area contributed by atoms with E-state index < -0.39 is 28.7 Å². The maximum absolute atomic E-state index is 14.0. The van der Waals surface area contributed by atoms with Crippen LogP contribution >= 0.6 is 27.7 Å². The molecule has 3 saturated heterocycles. The van der Waals surface area contributed by atoms with Gasteiger partial charge < -0.3 is 20.6 Å². The van der Waals surface area contributed by atoms with Crippen molar-refractivity contribution in [3.05, 3.63) is 35.9 Å². The second kappa shape index (κ2) is 9.96. The molecule has 3 aliphatic heterocycles. The lowest BCUT2D eigenvalue weighted by atomic mass is 9.70. The highest BCUT2D eigenvalue weighted by molar-refractivity contribution is 9.09. The van der Waals surface area contributed by atoms with Crippen LogP contribution in [0.2, 0.25) is 0 Å². The van der Waals surface area contributed by atoms with Crippen molar-refractivity contribution in [3.8, 4) is 0 Å². The zero-order valence-corrected chi connectivity index (χ0v) is 21.4. The Morgan fingerprint density at radius 1 is 1.30 bits per heavy atom. The molecule has 0 aliphatic carbocycles. The Bertz CT molecular complexity index is 903. The summed E-state index contributed by atoms with van der Waals surface area (Å²) in [5.74, 6) is -1.61. The fourth-order valence-electron chi connectivity index (χ4n) is 5.85. The molecule has 1 spiro atoms. The molecule has 1 aromatic rings. The molecule has 2 bridgehead atoms. The van der Waals surface area contributed by atoms with Gasteiger partial charge >= 0.3 is 0 Å². The topological polar surface area (TPSA) is 98.7 Å². The maximum Gasteiger partial charge on any atom is 0.244 e. The van der Waals surface area contributed by atoms with Gasteiger partial charge in [-0.15, -0.1) is 11.8 Å². The molecule has 4 rings (SSSR count). The van der Waals surface area contributed by atoms with Crippen molar-refractivity contribution in [1.29, 1.82) is 0 Å². The fraction of sp³-hybridized carbons (Fsp3) is 0.625. The first kappa shape index (κ1) is 24.5. The minimum absolute atomic E-state index is 0.0430. The van der Waals surface area contributed by atoms with E-state index in [-0.39, 0.29) is 34.4 Å². The maximum atomic E-state index is 14.0. The third-order valence-corrected chi connectivity index (χ3v) is 10.5. The number of carbonyl (C=O) groups is 3. The number of carbonyl (C=O) groups excluding carboxylic acids is 3. The average Bonchev–Trinajstić information content (AvgIpc) is 3.41. The molecule has 7 atom stereocenters. The Labute approximate surface area is 207 Å². The number of hydrogen-bond acceptors (Lipinski definition) is 5. The predicted octanol–water partition coefficient (Wildman–Crippen LogP) is 1.72. The summed E-state index contributed by atoms with van der Waals surface area (Å²) in [5, 5.41) is 16.1. The molecule has 7 nitrogen and oxygen atoms in total. The Morgan fingerprint density at radius 2 is 2.03 bits per heavy atom. The number of nitrogens with zero attached hydrogens (tertiary/aromatic N) is 1. The number of aliphatic hydroxyl groups excluding tert-OH is 1. The quantitative estimate of drug-likeness (QED) is 0.329. The molecule has 0 saturated carbocycles. The summed E-state index contributed by atoms with van der Waals surface area (Å²) in [6.07, 6.45) is 2.89. The first-order valence-corrected chi connectivity index (χ1v) is 13.5. The summed E-state index contributed by atoms with van der Waals surface area (Å²) >= 11 is 5.36. The first-order chi connectivity index (χ1) is 15.9. The van der Waals surface area contributed by atoms with Gasteiger partial charge in [0.05, 0.1) is 29.2 Å². The second-order valence-corrected chi connectivity index (χ2v) is 11.9. The first-order valence-electron chi connectivity index (χ1n) is 11.7. The van der Waals surface area contributed by atoms with Crippen molar-refractivity contribution in [2.24, 2.45) is 11.8 Å². The third-order valence-electron chi connectivity index (χ3n) is 7.27. The largest absolute Gasteiger partial charge is 0.394 e. The zero-order valence-electron chi connectivity index (χ0n) is 19.0. The molecule has 3 heterocycles. The number of thioether (sulfide) groups is 1. The molecular weight excluding hydrogens is 506 g/mol. The lowest BCUT2D eigenvalue weighted by Crippen LogP contribution is -2.57. The number of rotatable bonds is 9. The summed E-state index contributed by atoms with van der Waals surface area (Å²) in [6, 6.07) is 8.42. The summed E-state index contributed by atoms with van der Waals surface area (Å²) in [4.78, 5) is 42.1. The summed E-state index contributed by atoms with van der Waals surface area (Å²) < 4.78 is -0.687. The number of amides is 3. The van der Waals surface area contributed by atoms with Crippen molar-refractivity contribution in [3.63, 3.8) is 0 Å². The lowest BCUT2D eigenvalue weighted by molar-refractivity contribution is -0.142. The molecule has 3 amide bonds. The van der Waals surface area contributed by atoms with Gasteiger partial charge in [-0.25, -0.2) is 0 Å². The highest BCUT2D eigenvalue weighted by Gasteiger charge is 2.76. The molecule has 3 unspecified atom stereocenters. The highest BCUT2D eigenvalue weighted by Crippen LogP contribution is 2.67. The molecule has 1 aromatic carbocycles. The smallest absolute Gasteiger partial charge is 0.244 e. The van der Waals surface area contributed by atoms with E-state index in [0.29, 0.717) is 19.4 Å². The van der Waals surface area contributed by atoms with Crippen LogP contribution in [0, 0.1) is 11.8 Å². The number of benzene rings is 1. The van der Waals surface area contributed by atoms with Crippen LogP contribution in [0.5, 0.6) is 0 Å². The Hall–Kier alpha value is -1.58. The van der Waals surface area contributed by atoms with Crippen molar-refractivity contribution < 1.29 is 19.5 Å². The van der Waals surface area contributed by atoms with Crippen LogP contribution in [0.3, 0.4) is 0 Å². The van der Waals surface area contributed by atoms with Crippen molar-refractivity contribution >= 4 is 45.4 Å². The SMILES string of the molecule is CCCCNC(=O)C1N([C@@H](CO)Cc2ccccc2)C(=O)[C@@H]2[C@@H](C(=O)NC)[C@@H]3SC12CC3Br. The van der Waals surface area contributed by atoms with Crippen LogP contribution in [0.15, 0.2) is 30.3 Å². The Kier molecular flexibility index (Phi) is 7.41. The van der Waals surface area contributed by atoms with Crippen molar-refractivity contribution in [1.82, 2.24) is 15.5 Å². The number of unbranched alkanes of at least 4 members (excludes halogenated alkanes) is 1. The molecule has 0 radical (unpaired) electrons. The molecule has 3 fully saturated rings. The average molecular weight is 539 g/mol. The number of likely N-dealkylation sites (tertiary alicyclic amines) is 1. The number of hydrogen-bond donors (Lipinski definition) is 3. The van der Waals surface area contributed by atoms with Gasteiger partial charge in [-0.1, -0.05) is 59.6 Å². The molecule has 3 N–H and O–H groups in total. The predicted molar refractivity (Wildman–Crippen MR) is 132 cm³/mol. The van der Waals surface area contributed by atoms with E-state index in [2.05, 4.69) is 33.5 Å². The minimum Gasteiger partial charge on any atom is -0.394 e. The molecule has 33 heavy (non-hydrogen) atoms. The number of aliphatic hydroxyl groups is 1. The van der Waals surface area contributed by atoms with Gasteiger partial charge in [-0.3, -0.25) is 14.4 Å². The van der Waals surface area contributed by atoms with Gasteiger partial charge in [-0.05, 0) is 24.8 Å². The zero-order chi connectivity index (χ0) is 23.8. The fourth-order valence-corrected chi connectivity index (χ4v) is 9.45. The standard InChI is InChI=1S/C24H32BrN3O4S/c1-3-4-10-27-22(31)20-24-12-16(25)19(33-24)17(21(30)26-2)18(24)23(32)28(20)15(13-29)11-14-8-6-5-7-9-14/h5-9,15-20,29H,3-4,10-13H2,1-2H3,(H,26,30)(H,27,31)/t15-,16?,17-,18+,19-,20?,24?/m1/s1. The number of alkyl halides is 1. The summed E-state index contributed by atoms with van der Waals surface area (Å²) in [7, 11) is 1.59. The van der Waals surface area contributed by atoms with Crippen molar-refractivity contribution in [2.75, 3.05) is 20.2 Å². The highest BCUT2D eigenvalue weighted by atomic mass is 79.9. The number of fused-ring (bicyclic) bond motifs is 1. The van der Waals surface area contributed by atoms with Gasteiger partial charge in [0.25, 0.3) is 0 Å². The van der Waals surface area contributed by atoms with Gasteiger partial charge in [0.2, 0.25) is 17.7 Å². The van der Waals surface area contributed by atoms with Crippen LogP contribution < -0.4 is 10.6 Å². The van der Waals surface area contributed by atoms with Gasteiger partial charge in [0, 0.05) is 23.7 Å². The van der Waals surface area contributed by atoms with Crippen LogP contribution in [0.25, 0.3) is 0 Å². The van der Waals surface area contributed by atoms with E-state index in [0.717, 1.165) is 18.4 Å². The number of halogens is 1. The van der Waals surface area contributed by atoms with Gasteiger partial charge in [0.15, 0.2) is 0 Å². The van der Waals surface area contributed by atoms with Crippen LogP contribution in [-0.4, -0.2) is 74.8 Å². The van der Waals surface area contributed by atoms with Crippen LogP contribution in [-0.2, 0) is 20.8 Å². The van der Waals surface area contributed by atoms with E-state index in [4.69, 9.17) is 0 Å². The molecule has 0 aromatic heterocycles. The van der Waals surface area contributed by atoms with E-state index >= 15 is 0 Å².